The molecule has 1 heterocycles. The molecule has 26 heavy (non-hydrogen) atoms. The number of carbonyl (C=O) groups excluding carboxylic acids is 1. The number of hydrogen-bond acceptors (Lipinski definition) is 3. The lowest BCUT2D eigenvalue weighted by Crippen LogP contribution is -2.23. The first kappa shape index (κ1) is 17.5. The Morgan fingerprint density at radius 3 is 2.65 bits per heavy atom. The molecular formula is C20H16F2N2O2. The Balaban J connectivity index is 1.58. The number of rotatable bonds is 6. The summed E-state index contributed by atoms with van der Waals surface area (Å²) in [5.41, 5.74) is 1.69. The van der Waals surface area contributed by atoms with Crippen molar-refractivity contribution in [1.29, 1.82) is 0 Å². The molecule has 2 aromatic carbocycles. The van der Waals surface area contributed by atoms with Gasteiger partial charge < -0.3 is 10.1 Å². The van der Waals surface area contributed by atoms with E-state index in [4.69, 9.17) is 4.74 Å². The first-order chi connectivity index (χ1) is 12.6. The highest BCUT2D eigenvalue weighted by atomic mass is 19.2. The Morgan fingerprint density at radius 1 is 1.00 bits per heavy atom. The predicted octanol–water partition coefficient (Wildman–Crippen LogP) is 3.87. The van der Waals surface area contributed by atoms with E-state index in [1.165, 1.54) is 6.07 Å². The zero-order chi connectivity index (χ0) is 18.4. The predicted molar refractivity (Wildman–Crippen MR) is 92.5 cm³/mol. The molecule has 3 aromatic rings. The minimum Gasteiger partial charge on any atom is -0.487 e. The Labute approximate surface area is 149 Å². The lowest BCUT2D eigenvalue weighted by Gasteiger charge is -2.09. The summed E-state index contributed by atoms with van der Waals surface area (Å²) in [5, 5.41) is 2.67. The molecule has 1 N–H and O–H groups in total. The molecule has 0 fully saturated rings. The molecule has 0 unspecified atom stereocenters. The third-order valence-electron chi connectivity index (χ3n) is 3.65. The smallest absolute Gasteiger partial charge is 0.251 e. The molecule has 0 saturated carbocycles. The topological polar surface area (TPSA) is 51.2 Å². The monoisotopic (exact) mass is 354 g/mol. The second-order valence-electron chi connectivity index (χ2n) is 5.57. The van der Waals surface area contributed by atoms with Crippen LogP contribution >= 0.6 is 0 Å². The van der Waals surface area contributed by atoms with Gasteiger partial charge in [0, 0.05) is 18.3 Å². The number of nitrogens with zero attached hydrogens (tertiary/aromatic N) is 1. The summed E-state index contributed by atoms with van der Waals surface area (Å²) in [4.78, 5) is 16.2. The van der Waals surface area contributed by atoms with Crippen LogP contribution < -0.4 is 10.1 Å². The number of nitrogens with one attached hydrogen (secondary N) is 1. The van der Waals surface area contributed by atoms with Gasteiger partial charge >= 0.3 is 0 Å². The number of hydrogen-bond donors (Lipinski definition) is 1. The molecule has 0 saturated heterocycles. The largest absolute Gasteiger partial charge is 0.487 e. The molecule has 132 valence electrons. The van der Waals surface area contributed by atoms with Crippen LogP contribution in [-0.2, 0) is 13.2 Å². The van der Waals surface area contributed by atoms with Crippen LogP contribution in [0, 0.1) is 11.6 Å². The summed E-state index contributed by atoms with van der Waals surface area (Å²) in [6.45, 7) is 0.574. The maximum Gasteiger partial charge on any atom is 0.251 e. The fourth-order valence-electron chi connectivity index (χ4n) is 2.31. The summed E-state index contributed by atoms with van der Waals surface area (Å²) < 4.78 is 31.8. The van der Waals surface area contributed by atoms with Gasteiger partial charge in [0.15, 0.2) is 11.6 Å². The lowest BCUT2D eigenvalue weighted by molar-refractivity contribution is 0.0950. The normalized spacial score (nSPS) is 10.4. The van der Waals surface area contributed by atoms with Gasteiger partial charge in [0.2, 0.25) is 0 Å². The zero-order valence-electron chi connectivity index (χ0n) is 13.8. The van der Waals surface area contributed by atoms with Crippen molar-refractivity contribution in [1.82, 2.24) is 10.3 Å². The average Bonchev–Trinajstić information content (AvgIpc) is 2.68. The molecule has 6 heteroatoms. The van der Waals surface area contributed by atoms with Crippen LogP contribution in [0.2, 0.25) is 0 Å². The molecule has 0 aliphatic carbocycles. The maximum absolute atomic E-state index is 13.2. The van der Waals surface area contributed by atoms with Gasteiger partial charge in [0.05, 0.1) is 5.69 Å². The molecule has 0 aliphatic heterocycles. The summed E-state index contributed by atoms with van der Waals surface area (Å²) >= 11 is 0. The van der Waals surface area contributed by atoms with Gasteiger partial charge in [-0.25, -0.2) is 8.78 Å². The minimum atomic E-state index is -1.05. The van der Waals surface area contributed by atoms with Gasteiger partial charge in [-0.15, -0.1) is 0 Å². The molecule has 0 spiro atoms. The number of ether oxygens (including phenoxy) is 1. The van der Waals surface area contributed by atoms with Gasteiger partial charge in [-0.2, -0.15) is 0 Å². The number of pyridine rings is 1. The third kappa shape index (κ3) is 4.63. The van der Waals surface area contributed by atoms with Crippen LogP contribution in [0.25, 0.3) is 0 Å². The van der Waals surface area contributed by atoms with Crippen molar-refractivity contribution in [3.63, 3.8) is 0 Å². The summed E-state index contributed by atoms with van der Waals surface area (Å²) in [5.74, 6) is -1.87. The van der Waals surface area contributed by atoms with E-state index < -0.39 is 17.5 Å². The van der Waals surface area contributed by atoms with Gasteiger partial charge in [-0.1, -0.05) is 18.2 Å². The van der Waals surface area contributed by atoms with Crippen molar-refractivity contribution in [2.24, 2.45) is 0 Å². The molecule has 0 atom stereocenters. The van der Waals surface area contributed by atoms with Crippen molar-refractivity contribution in [3.05, 3.63) is 95.3 Å². The van der Waals surface area contributed by atoms with Crippen LogP contribution in [0.4, 0.5) is 8.78 Å². The number of carbonyl (C=O) groups is 1. The SMILES string of the molecule is O=C(NCc1cccc(OCc2ccccn2)c1)c1ccc(F)c(F)c1. The number of halogens is 2. The first-order valence-corrected chi connectivity index (χ1v) is 7.97. The number of aromatic nitrogens is 1. The maximum atomic E-state index is 13.2. The highest BCUT2D eigenvalue weighted by molar-refractivity contribution is 5.94. The molecular weight excluding hydrogens is 338 g/mol. The Morgan fingerprint density at radius 2 is 1.88 bits per heavy atom. The molecule has 1 amide bonds. The second kappa shape index (κ2) is 8.20. The molecule has 0 bridgehead atoms. The lowest BCUT2D eigenvalue weighted by atomic mass is 10.1. The van der Waals surface area contributed by atoms with Gasteiger partial charge in [0.25, 0.3) is 5.91 Å². The van der Waals surface area contributed by atoms with Crippen molar-refractivity contribution in [2.45, 2.75) is 13.2 Å². The van der Waals surface area contributed by atoms with Crippen LogP contribution in [-0.4, -0.2) is 10.9 Å². The van der Waals surface area contributed by atoms with E-state index in [1.54, 1.807) is 12.3 Å². The number of amides is 1. The van der Waals surface area contributed by atoms with Crippen molar-refractivity contribution < 1.29 is 18.3 Å². The Bertz CT molecular complexity index is 901. The number of benzene rings is 2. The fourth-order valence-corrected chi connectivity index (χ4v) is 2.31. The third-order valence-corrected chi connectivity index (χ3v) is 3.65. The molecule has 0 radical (unpaired) electrons. The highest BCUT2D eigenvalue weighted by Gasteiger charge is 2.09. The molecule has 3 rings (SSSR count). The van der Waals surface area contributed by atoms with E-state index in [9.17, 15) is 13.6 Å². The standard InChI is InChI=1S/C20H16F2N2O2/c21-18-8-7-15(11-19(18)22)20(25)24-12-14-4-3-6-17(10-14)26-13-16-5-1-2-9-23-16/h1-11H,12-13H2,(H,24,25). The van der Waals surface area contributed by atoms with E-state index in [0.29, 0.717) is 12.4 Å². The summed E-state index contributed by atoms with van der Waals surface area (Å²) in [6, 6.07) is 15.9. The Hall–Kier alpha value is -3.28. The van der Waals surface area contributed by atoms with Gasteiger partial charge in [-0.3, -0.25) is 9.78 Å². The second-order valence-corrected chi connectivity index (χ2v) is 5.57. The summed E-state index contributed by atoms with van der Waals surface area (Å²) in [6.07, 6.45) is 1.70. The first-order valence-electron chi connectivity index (χ1n) is 7.97. The fraction of sp³-hybridized carbons (Fsp3) is 0.100. The van der Waals surface area contributed by atoms with E-state index in [1.807, 2.05) is 36.4 Å². The zero-order valence-corrected chi connectivity index (χ0v) is 13.8. The molecule has 0 aliphatic rings. The van der Waals surface area contributed by atoms with E-state index in [2.05, 4.69) is 10.3 Å². The average molecular weight is 354 g/mol. The van der Waals surface area contributed by atoms with Crippen LogP contribution in [0.5, 0.6) is 5.75 Å². The van der Waals surface area contributed by atoms with Crippen LogP contribution in [0.15, 0.2) is 66.9 Å². The van der Waals surface area contributed by atoms with E-state index >= 15 is 0 Å². The van der Waals surface area contributed by atoms with Gasteiger partial charge in [-0.05, 0) is 48.0 Å². The van der Waals surface area contributed by atoms with Crippen molar-refractivity contribution in [3.8, 4) is 5.75 Å². The quantitative estimate of drug-likeness (QED) is 0.731. The molecule has 1 aromatic heterocycles. The molecule has 4 nitrogen and oxygen atoms in total. The van der Waals surface area contributed by atoms with Crippen molar-refractivity contribution in [2.75, 3.05) is 0 Å². The van der Waals surface area contributed by atoms with Crippen LogP contribution in [0.1, 0.15) is 21.6 Å². The Kier molecular flexibility index (Phi) is 5.53. The van der Waals surface area contributed by atoms with Crippen LogP contribution in [0.3, 0.4) is 0 Å². The summed E-state index contributed by atoms with van der Waals surface area (Å²) in [7, 11) is 0. The highest BCUT2D eigenvalue weighted by Crippen LogP contribution is 2.15. The van der Waals surface area contributed by atoms with E-state index in [-0.39, 0.29) is 12.1 Å². The minimum absolute atomic E-state index is 0.0615. The van der Waals surface area contributed by atoms with Crippen molar-refractivity contribution >= 4 is 5.91 Å². The van der Waals surface area contributed by atoms with E-state index in [0.717, 1.165) is 23.4 Å². The van der Waals surface area contributed by atoms with Gasteiger partial charge in [0.1, 0.15) is 12.4 Å².